The monoisotopic (exact) mass is 230 g/mol. The zero-order valence-electron chi connectivity index (χ0n) is 10.2. The third-order valence-corrected chi connectivity index (χ3v) is 2.23. The van der Waals surface area contributed by atoms with Gasteiger partial charge in [-0.3, -0.25) is 4.79 Å². The lowest BCUT2D eigenvalue weighted by Crippen LogP contribution is -2.42. The number of carbonyl (C=O) groups is 2. The first-order valence-electron chi connectivity index (χ1n) is 5.71. The highest BCUT2D eigenvalue weighted by Crippen LogP contribution is 1.99. The number of hydrogen-bond acceptors (Lipinski definition) is 2. The van der Waals surface area contributed by atoms with E-state index in [0.717, 1.165) is 12.8 Å². The molecule has 0 fully saturated rings. The van der Waals surface area contributed by atoms with Gasteiger partial charge in [0.15, 0.2) is 0 Å². The predicted molar refractivity (Wildman–Crippen MR) is 62.3 cm³/mol. The van der Waals surface area contributed by atoms with Gasteiger partial charge in [0, 0.05) is 19.0 Å². The molecule has 0 aromatic rings. The van der Waals surface area contributed by atoms with Crippen LogP contribution < -0.4 is 10.6 Å². The van der Waals surface area contributed by atoms with Gasteiger partial charge in [-0.15, -0.1) is 0 Å². The smallest absolute Gasteiger partial charge is 0.315 e. The van der Waals surface area contributed by atoms with Gasteiger partial charge in [0.1, 0.15) is 0 Å². The summed E-state index contributed by atoms with van der Waals surface area (Å²) in [4.78, 5) is 21.7. The summed E-state index contributed by atoms with van der Waals surface area (Å²) in [5.41, 5.74) is 0. The third-order valence-electron chi connectivity index (χ3n) is 2.23. The van der Waals surface area contributed by atoms with Crippen molar-refractivity contribution in [3.63, 3.8) is 0 Å². The molecule has 0 aromatic carbocycles. The number of carboxylic acid groups (broad SMARTS) is 1. The standard InChI is InChI=1S/C11H22N2O3/c1-4-5-9(3)13-11(16)12-7-8(2)6-10(14)15/h8-9H,4-7H2,1-3H3,(H,14,15)(H2,12,13,16). The Hall–Kier alpha value is -1.26. The van der Waals surface area contributed by atoms with Crippen molar-refractivity contribution in [2.45, 2.75) is 46.1 Å². The lowest BCUT2D eigenvalue weighted by Gasteiger charge is -2.15. The van der Waals surface area contributed by atoms with Crippen LogP contribution in [0.4, 0.5) is 4.79 Å². The summed E-state index contributed by atoms with van der Waals surface area (Å²) in [7, 11) is 0. The Bertz CT molecular complexity index is 231. The molecule has 0 aromatic heterocycles. The molecule has 94 valence electrons. The van der Waals surface area contributed by atoms with Crippen molar-refractivity contribution in [1.82, 2.24) is 10.6 Å². The molecule has 3 N–H and O–H groups in total. The van der Waals surface area contributed by atoms with Crippen LogP contribution in [-0.4, -0.2) is 29.7 Å². The van der Waals surface area contributed by atoms with Crippen LogP contribution in [0.2, 0.25) is 0 Å². The molecule has 2 amide bonds. The summed E-state index contributed by atoms with van der Waals surface area (Å²) in [5.74, 6) is -0.890. The summed E-state index contributed by atoms with van der Waals surface area (Å²) in [5, 5.41) is 14.0. The van der Waals surface area contributed by atoms with E-state index in [-0.39, 0.29) is 24.4 Å². The van der Waals surface area contributed by atoms with Crippen molar-refractivity contribution in [3.05, 3.63) is 0 Å². The lowest BCUT2D eigenvalue weighted by atomic mass is 10.1. The predicted octanol–water partition coefficient (Wildman–Crippen LogP) is 1.58. The summed E-state index contributed by atoms with van der Waals surface area (Å²) < 4.78 is 0. The van der Waals surface area contributed by atoms with Crippen molar-refractivity contribution < 1.29 is 14.7 Å². The highest BCUT2D eigenvalue weighted by atomic mass is 16.4. The third kappa shape index (κ3) is 8.08. The molecule has 0 rings (SSSR count). The molecule has 5 heteroatoms. The number of aliphatic carboxylic acids is 1. The van der Waals surface area contributed by atoms with Gasteiger partial charge in [-0.25, -0.2) is 4.79 Å². The zero-order chi connectivity index (χ0) is 12.6. The van der Waals surface area contributed by atoms with Gasteiger partial charge < -0.3 is 15.7 Å². The normalized spacial score (nSPS) is 13.9. The number of carboxylic acids is 1. The molecule has 0 saturated carbocycles. The van der Waals surface area contributed by atoms with Crippen molar-refractivity contribution in [3.8, 4) is 0 Å². The van der Waals surface area contributed by atoms with E-state index in [1.165, 1.54) is 0 Å². The molecule has 0 heterocycles. The quantitative estimate of drug-likeness (QED) is 0.621. The van der Waals surface area contributed by atoms with Crippen LogP contribution in [0.5, 0.6) is 0 Å². The van der Waals surface area contributed by atoms with Gasteiger partial charge in [-0.1, -0.05) is 20.3 Å². The molecule has 0 radical (unpaired) electrons. The average Bonchev–Trinajstić information content (AvgIpc) is 2.14. The minimum Gasteiger partial charge on any atom is -0.481 e. The molecule has 2 atom stereocenters. The van der Waals surface area contributed by atoms with Gasteiger partial charge in [-0.2, -0.15) is 0 Å². The van der Waals surface area contributed by atoms with E-state index in [0.29, 0.717) is 6.54 Å². The molecular weight excluding hydrogens is 208 g/mol. The first-order chi connectivity index (χ1) is 7.45. The van der Waals surface area contributed by atoms with Gasteiger partial charge in [-0.05, 0) is 19.3 Å². The van der Waals surface area contributed by atoms with Gasteiger partial charge in [0.25, 0.3) is 0 Å². The second-order valence-corrected chi connectivity index (χ2v) is 4.25. The van der Waals surface area contributed by atoms with Crippen molar-refractivity contribution in [2.24, 2.45) is 5.92 Å². The molecule has 2 unspecified atom stereocenters. The van der Waals surface area contributed by atoms with Crippen molar-refractivity contribution >= 4 is 12.0 Å². The Kier molecular flexibility index (Phi) is 7.33. The Labute approximate surface area is 96.6 Å². The fourth-order valence-electron chi connectivity index (χ4n) is 1.42. The minimum absolute atomic E-state index is 0.0512. The first kappa shape index (κ1) is 14.7. The largest absolute Gasteiger partial charge is 0.481 e. The maximum atomic E-state index is 11.3. The van der Waals surface area contributed by atoms with E-state index < -0.39 is 5.97 Å². The molecule has 5 nitrogen and oxygen atoms in total. The van der Waals surface area contributed by atoms with Crippen molar-refractivity contribution in [1.29, 1.82) is 0 Å². The second kappa shape index (κ2) is 7.96. The first-order valence-corrected chi connectivity index (χ1v) is 5.71. The molecular formula is C11H22N2O3. The number of carbonyl (C=O) groups excluding carboxylic acids is 1. The fraction of sp³-hybridized carbons (Fsp3) is 0.818. The minimum atomic E-state index is -0.839. The molecule has 0 aliphatic heterocycles. The van der Waals surface area contributed by atoms with E-state index in [2.05, 4.69) is 17.6 Å². The second-order valence-electron chi connectivity index (χ2n) is 4.25. The highest BCUT2D eigenvalue weighted by molar-refractivity contribution is 5.74. The van der Waals surface area contributed by atoms with Crippen molar-refractivity contribution in [2.75, 3.05) is 6.54 Å². The summed E-state index contributed by atoms with van der Waals surface area (Å²) >= 11 is 0. The fourth-order valence-corrected chi connectivity index (χ4v) is 1.42. The van der Waals surface area contributed by atoms with E-state index >= 15 is 0 Å². The SMILES string of the molecule is CCCC(C)NC(=O)NCC(C)CC(=O)O. The van der Waals surface area contributed by atoms with Crippen LogP contribution >= 0.6 is 0 Å². The van der Waals surface area contributed by atoms with Crippen LogP contribution in [0, 0.1) is 5.92 Å². The average molecular weight is 230 g/mol. The van der Waals surface area contributed by atoms with E-state index in [9.17, 15) is 9.59 Å². The molecule has 0 bridgehead atoms. The summed E-state index contributed by atoms with van der Waals surface area (Å²) in [6.45, 7) is 6.19. The molecule has 0 aliphatic rings. The van der Waals surface area contributed by atoms with Crippen LogP contribution in [0.1, 0.15) is 40.0 Å². The number of hydrogen-bond donors (Lipinski definition) is 3. The van der Waals surface area contributed by atoms with Gasteiger partial charge in [0.2, 0.25) is 0 Å². The molecule has 0 saturated heterocycles. The van der Waals surface area contributed by atoms with E-state index in [4.69, 9.17) is 5.11 Å². The number of amides is 2. The number of nitrogens with one attached hydrogen (secondary N) is 2. The highest BCUT2D eigenvalue weighted by Gasteiger charge is 2.10. The van der Waals surface area contributed by atoms with E-state index in [1.54, 1.807) is 6.92 Å². The molecule has 16 heavy (non-hydrogen) atoms. The van der Waals surface area contributed by atoms with Gasteiger partial charge >= 0.3 is 12.0 Å². The zero-order valence-corrected chi connectivity index (χ0v) is 10.2. The Morgan fingerprint density at radius 2 is 1.94 bits per heavy atom. The summed E-state index contributed by atoms with van der Waals surface area (Å²) in [6.07, 6.45) is 2.04. The maximum absolute atomic E-state index is 11.3. The van der Waals surface area contributed by atoms with Crippen LogP contribution in [-0.2, 0) is 4.79 Å². The van der Waals surface area contributed by atoms with Crippen LogP contribution in [0.15, 0.2) is 0 Å². The number of rotatable bonds is 7. The molecule has 0 aliphatic carbocycles. The Morgan fingerprint density at radius 1 is 1.31 bits per heavy atom. The number of urea groups is 1. The van der Waals surface area contributed by atoms with E-state index in [1.807, 2.05) is 6.92 Å². The maximum Gasteiger partial charge on any atom is 0.315 e. The lowest BCUT2D eigenvalue weighted by molar-refractivity contribution is -0.137. The summed E-state index contributed by atoms with van der Waals surface area (Å²) in [6, 6.07) is -0.0713. The topological polar surface area (TPSA) is 78.4 Å². The Balaban J connectivity index is 3.68. The van der Waals surface area contributed by atoms with Gasteiger partial charge in [0.05, 0.1) is 0 Å². The Morgan fingerprint density at radius 3 is 2.44 bits per heavy atom. The molecule has 0 spiro atoms. The van der Waals surface area contributed by atoms with Crippen LogP contribution in [0.3, 0.4) is 0 Å². The van der Waals surface area contributed by atoms with Crippen LogP contribution in [0.25, 0.3) is 0 Å².